The maximum atomic E-state index is 12.7. The van der Waals surface area contributed by atoms with Crippen molar-refractivity contribution in [1.82, 2.24) is 15.5 Å². The fraction of sp³-hybridized carbons (Fsp3) is 0.500. The van der Waals surface area contributed by atoms with E-state index in [4.69, 9.17) is 0 Å². The summed E-state index contributed by atoms with van der Waals surface area (Å²) in [5.74, 6) is -0.769. The SMILES string of the molecule is CC(C)(C)NCc1cccc2c1CN(C1CCC(=O)NC1=O)C2=O. The first kappa shape index (κ1) is 16.6. The number of nitrogens with one attached hydrogen (secondary N) is 2. The number of rotatable bonds is 3. The Morgan fingerprint density at radius 1 is 1.25 bits per heavy atom. The molecule has 1 saturated heterocycles. The third-order valence-electron chi connectivity index (χ3n) is 4.49. The van der Waals surface area contributed by atoms with Gasteiger partial charge in [0.15, 0.2) is 0 Å². The van der Waals surface area contributed by atoms with Crippen LogP contribution in [-0.4, -0.2) is 34.2 Å². The highest BCUT2D eigenvalue weighted by Gasteiger charge is 2.39. The number of piperidine rings is 1. The van der Waals surface area contributed by atoms with Gasteiger partial charge in [0.05, 0.1) is 0 Å². The quantitative estimate of drug-likeness (QED) is 0.820. The van der Waals surface area contributed by atoms with Gasteiger partial charge in [-0.2, -0.15) is 0 Å². The molecule has 2 N–H and O–H groups in total. The molecule has 1 fully saturated rings. The standard InChI is InChI=1S/C18H23N3O3/c1-18(2,3)19-9-11-5-4-6-12-13(11)10-21(17(12)24)14-7-8-15(22)20-16(14)23/h4-6,14,19H,7-10H2,1-3H3,(H,20,22,23). The Balaban J connectivity index is 1.82. The number of nitrogens with zero attached hydrogens (tertiary/aromatic N) is 1. The van der Waals surface area contributed by atoms with E-state index in [0.29, 0.717) is 25.1 Å². The second-order valence-corrected chi connectivity index (χ2v) is 7.45. The Kier molecular flexibility index (Phi) is 4.17. The van der Waals surface area contributed by atoms with E-state index < -0.39 is 6.04 Å². The largest absolute Gasteiger partial charge is 0.322 e. The number of carbonyl (C=O) groups excluding carboxylic acids is 3. The zero-order valence-corrected chi connectivity index (χ0v) is 14.3. The van der Waals surface area contributed by atoms with E-state index in [1.54, 1.807) is 4.90 Å². The van der Waals surface area contributed by atoms with Crippen molar-refractivity contribution in [2.45, 2.75) is 58.3 Å². The van der Waals surface area contributed by atoms with Gasteiger partial charge in [0, 0.05) is 30.6 Å². The van der Waals surface area contributed by atoms with Crippen molar-refractivity contribution in [3.63, 3.8) is 0 Å². The van der Waals surface area contributed by atoms with E-state index in [2.05, 4.69) is 31.4 Å². The van der Waals surface area contributed by atoms with Crippen LogP contribution in [0.4, 0.5) is 0 Å². The summed E-state index contributed by atoms with van der Waals surface area (Å²) in [6, 6.07) is 5.14. The highest BCUT2D eigenvalue weighted by Crippen LogP contribution is 2.30. The molecule has 6 heteroatoms. The monoisotopic (exact) mass is 329 g/mol. The van der Waals surface area contributed by atoms with E-state index in [-0.39, 0.29) is 29.7 Å². The molecule has 6 nitrogen and oxygen atoms in total. The Morgan fingerprint density at radius 2 is 2.00 bits per heavy atom. The minimum Gasteiger partial charge on any atom is -0.322 e. The normalized spacial score (nSPS) is 21.0. The number of benzene rings is 1. The molecule has 0 aromatic heterocycles. The van der Waals surface area contributed by atoms with Gasteiger partial charge >= 0.3 is 0 Å². The summed E-state index contributed by atoms with van der Waals surface area (Å²) in [4.78, 5) is 37.7. The zero-order valence-electron chi connectivity index (χ0n) is 14.3. The van der Waals surface area contributed by atoms with Crippen LogP contribution >= 0.6 is 0 Å². The van der Waals surface area contributed by atoms with Gasteiger partial charge in [-0.1, -0.05) is 12.1 Å². The predicted molar refractivity (Wildman–Crippen MR) is 89.1 cm³/mol. The molecule has 0 aliphatic carbocycles. The van der Waals surface area contributed by atoms with Gasteiger partial charge < -0.3 is 10.2 Å². The molecule has 3 amide bonds. The molecule has 0 bridgehead atoms. The van der Waals surface area contributed by atoms with Gasteiger partial charge in [-0.25, -0.2) is 0 Å². The maximum Gasteiger partial charge on any atom is 0.255 e. The molecule has 2 aliphatic rings. The van der Waals surface area contributed by atoms with Gasteiger partial charge in [0.2, 0.25) is 11.8 Å². The molecule has 0 spiro atoms. The van der Waals surface area contributed by atoms with E-state index in [9.17, 15) is 14.4 Å². The summed E-state index contributed by atoms with van der Waals surface area (Å²) < 4.78 is 0. The smallest absolute Gasteiger partial charge is 0.255 e. The molecule has 1 aromatic carbocycles. The molecule has 1 unspecified atom stereocenters. The number of fused-ring (bicyclic) bond motifs is 1. The molecule has 3 rings (SSSR count). The van der Waals surface area contributed by atoms with Crippen LogP contribution in [0.15, 0.2) is 18.2 Å². The first-order valence-corrected chi connectivity index (χ1v) is 8.27. The number of imide groups is 1. The summed E-state index contributed by atoms with van der Waals surface area (Å²) >= 11 is 0. The average Bonchev–Trinajstić information content (AvgIpc) is 2.82. The average molecular weight is 329 g/mol. The maximum absolute atomic E-state index is 12.7. The molecule has 128 valence electrons. The van der Waals surface area contributed by atoms with E-state index in [1.165, 1.54) is 0 Å². The van der Waals surface area contributed by atoms with Crippen LogP contribution in [0.3, 0.4) is 0 Å². The summed E-state index contributed by atoms with van der Waals surface area (Å²) in [7, 11) is 0. The molecule has 2 heterocycles. The highest BCUT2D eigenvalue weighted by molar-refractivity contribution is 6.05. The number of amides is 3. The Labute approximate surface area is 141 Å². The summed E-state index contributed by atoms with van der Waals surface area (Å²) in [5.41, 5.74) is 2.69. The zero-order chi connectivity index (χ0) is 17.5. The van der Waals surface area contributed by atoms with Gasteiger partial charge in [-0.15, -0.1) is 0 Å². The second kappa shape index (κ2) is 6.02. The van der Waals surface area contributed by atoms with Crippen LogP contribution in [0.5, 0.6) is 0 Å². The van der Waals surface area contributed by atoms with Crippen LogP contribution in [0.2, 0.25) is 0 Å². The van der Waals surface area contributed by atoms with Crippen molar-refractivity contribution < 1.29 is 14.4 Å². The van der Waals surface area contributed by atoms with Crippen molar-refractivity contribution in [2.24, 2.45) is 0 Å². The van der Waals surface area contributed by atoms with Crippen LogP contribution in [-0.2, 0) is 22.7 Å². The summed E-state index contributed by atoms with van der Waals surface area (Å²) in [5, 5.41) is 5.77. The summed E-state index contributed by atoms with van der Waals surface area (Å²) in [6.45, 7) is 7.37. The lowest BCUT2D eigenvalue weighted by Crippen LogP contribution is -2.52. The topological polar surface area (TPSA) is 78.5 Å². The number of hydrogen-bond donors (Lipinski definition) is 2. The van der Waals surface area contributed by atoms with Gasteiger partial charge in [-0.3, -0.25) is 19.7 Å². The van der Waals surface area contributed by atoms with Crippen molar-refractivity contribution >= 4 is 17.7 Å². The van der Waals surface area contributed by atoms with E-state index >= 15 is 0 Å². The molecular weight excluding hydrogens is 306 g/mol. The molecule has 1 atom stereocenters. The Morgan fingerprint density at radius 3 is 2.67 bits per heavy atom. The molecular formula is C18H23N3O3. The van der Waals surface area contributed by atoms with Crippen molar-refractivity contribution in [1.29, 1.82) is 0 Å². The van der Waals surface area contributed by atoms with E-state index in [1.807, 2.05) is 18.2 Å². The van der Waals surface area contributed by atoms with Crippen LogP contribution in [0.1, 0.15) is 55.1 Å². The van der Waals surface area contributed by atoms with E-state index in [0.717, 1.165) is 11.1 Å². The first-order valence-electron chi connectivity index (χ1n) is 8.27. The number of hydrogen-bond acceptors (Lipinski definition) is 4. The lowest BCUT2D eigenvalue weighted by Gasteiger charge is -2.29. The van der Waals surface area contributed by atoms with Gasteiger partial charge in [-0.05, 0) is 44.4 Å². The van der Waals surface area contributed by atoms with Crippen molar-refractivity contribution in [3.05, 3.63) is 34.9 Å². The molecule has 2 aliphatic heterocycles. The summed E-state index contributed by atoms with van der Waals surface area (Å²) in [6.07, 6.45) is 0.662. The third-order valence-corrected chi connectivity index (χ3v) is 4.49. The molecule has 1 aromatic rings. The Hall–Kier alpha value is -2.21. The Bertz CT molecular complexity index is 706. The lowest BCUT2D eigenvalue weighted by molar-refractivity contribution is -0.136. The third kappa shape index (κ3) is 3.19. The minimum absolute atomic E-state index is 0.0192. The van der Waals surface area contributed by atoms with Crippen molar-refractivity contribution in [2.75, 3.05) is 0 Å². The van der Waals surface area contributed by atoms with Crippen LogP contribution < -0.4 is 10.6 Å². The second-order valence-electron chi connectivity index (χ2n) is 7.45. The molecule has 24 heavy (non-hydrogen) atoms. The van der Waals surface area contributed by atoms with Gasteiger partial charge in [0.1, 0.15) is 6.04 Å². The lowest BCUT2D eigenvalue weighted by atomic mass is 10.0. The van der Waals surface area contributed by atoms with Gasteiger partial charge in [0.25, 0.3) is 5.91 Å². The first-order chi connectivity index (χ1) is 11.3. The number of carbonyl (C=O) groups is 3. The predicted octanol–water partition coefficient (Wildman–Crippen LogP) is 1.34. The molecule has 0 saturated carbocycles. The highest BCUT2D eigenvalue weighted by atomic mass is 16.2. The van der Waals surface area contributed by atoms with Crippen molar-refractivity contribution in [3.8, 4) is 0 Å². The van der Waals surface area contributed by atoms with Crippen LogP contribution in [0, 0.1) is 0 Å². The minimum atomic E-state index is -0.564. The van der Waals surface area contributed by atoms with Crippen LogP contribution in [0.25, 0.3) is 0 Å². The fourth-order valence-electron chi connectivity index (χ4n) is 3.18. The fourth-order valence-corrected chi connectivity index (χ4v) is 3.18. The molecule has 0 radical (unpaired) electrons.